The molecule has 1 amide bonds. The SMILES string of the molecule is COc1cc(C(=O)NCC(=O)c2ccc(OC)c(-c3ccc(F)c(Cl)c3)n2)ccc1OC1COC1. The molecule has 10 heteroatoms. The average Bonchev–Trinajstić information content (AvgIpc) is 2.85. The molecule has 0 spiro atoms. The molecule has 182 valence electrons. The van der Waals surface area contributed by atoms with Crippen LogP contribution < -0.4 is 19.5 Å². The molecule has 0 saturated carbocycles. The van der Waals surface area contributed by atoms with Crippen LogP contribution in [0.4, 0.5) is 4.39 Å². The number of pyridine rings is 1. The number of methoxy groups -OCH3 is 2. The minimum atomic E-state index is -0.572. The zero-order chi connectivity index (χ0) is 24.9. The first-order chi connectivity index (χ1) is 16.9. The summed E-state index contributed by atoms with van der Waals surface area (Å²) in [5, 5.41) is 2.51. The van der Waals surface area contributed by atoms with Crippen molar-refractivity contribution in [3.63, 3.8) is 0 Å². The maximum atomic E-state index is 13.6. The van der Waals surface area contributed by atoms with Crippen LogP contribution in [0.5, 0.6) is 17.2 Å². The highest BCUT2D eigenvalue weighted by molar-refractivity contribution is 6.31. The van der Waals surface area contributed by atoms with E-state index in [1.165, 1.54) is 44.6 Å². The molecule has 8 nitrogen and oxygen atoms in total. The molecule has 35 heavy (non-hydrogen) atoms. The number of benzene rings is 2. The summed E-state index contributed by atoms with van der Waals surface area (Å²) in [6.07, 6.45) is -0.0472. The van der Waals surface area contributed by atoms with Crippen LogP contribution in [-0.4, -0.2) is 56.8 Å². The number of hydrogen-bond acceptors (Lipinski definition) is 7. The molecule has 1 fully saturated rings. The zero-order valence-electron chi connectivity index (χ0n) is 19.0. The normalized spacial score (nSPS) is 13.0. The van der Waals surface area contributed by atoms with E-state index in [9.17, 15) is 14.0 Å². The molecule has 0 aliphatic carbocycles. The van der Waals surface area contributed by atoms with Crippen molar-refractivity contribution in [2.45, 2.75) is 6.10 Å². The van der Waals surface area contributed by atoms with Crippen molar-refractivity contribution in [1.29, 1.82) is 0 Å². The van der Waals surface area contributed by atoms with Crippen LogP contribution in [0.15, 0.2) is 48.5 Å². The van der Waals surface area contributed by atoms with Gasteiger partial charge in [-0.3, -0.25) is 9.59 Å². The zero-order valence-corrected chi connectivity index (χ0v) is 19.7. The number of carbonyl (C=O) groups excluding carboxylic acids is 2. The minimum Gasteiger partial charge on any atom is -0.494 e. The van der Waals surface area contributed by atoms with Gasteiger partial charge >= 0.3 is 0 Å². The van der Waals surface area contributed by atoms with Gasteiger partial charge in [-0.2, -0.15) is 0 Å². The Balaban J connectivity index is 1.46. The lowest BCUT2D eigenvalue weighted by atomic mass is 10.1. The standard InChI is InChI=1S/C25H22ClFN2O6/c1-32-22-8-6-19(29-24(22)14-3-5-18(27)17(26)9-14)20(30)11-28-25(31)15-4-7-21(23(10-15)33-2)35-16-12-34-13-16/h3-10,16H,11-13H2,1-2H3,(H,28,31). The molecule has 2 heterocycles. The molecular weight excluding hydrogens is 479 g/mol. The molecule has 0 atom stereocenters. The first-order valence-corrected chi connectivity index (χ1v) is 11.0. The molecule has 1 aliphatic heterocycles. The molecule has 1 aromatic heterocycles. The van der Waals surface area contributed by atoms with E-state index in [1.807, 2.05) is 0 Å². The first kappa shape index (κ1) is 24.4. The van der Waals surface area contributed by atoms with E-state index >= 15 is 0 Å². The number of rotatable bonds is 9. The van der Waals surface area contributed by atoms with Crippen molar-refractivity contribution in [2.75, 3.05) is 34.0 Å². The number of nitrogens with zero attached hydrogens (tertiary/aromatic N) is 1. The van der Waals surface area contributed by atoms with Crippen molar-refractivity contribution in [3.05, 3.63) is 70.6 Å². The predicted octanol–water partition coefficient (Wildman–Crippen LogP) is 3.95. The number of halogens is 2. The maximum absolute atomic E-state index is 13.6. The van der Waals surface area contributed by atoms with Gasteiger partial charge in [0, 0.05) is 11.1 Å². The summed E-state index contributed by atoms with van der Waals surface area (Å²) in [5.74, 6) is -0.171. The van der Waals surface area contributed by atoms with Gasteiger partial charge in [0.05, 0.1) is 39.0 Å². The molecular formula is C25H22ClFN2O6. The Bertz CT molecular complexity index is 1260. The van der Waals surface area contributed by atoms with E-state index < -0.39 is 17.5 Å². The topological polar surface area (TPSA) is 96.0 Å². The van der Waals surface area contributed by atoms with Gasteiger partial charge in [0.2, 0.25) is 0 Å². The molecule has 1 aliphatic rings. The number of hydrogen-bond donors (Lipinski definition) is 1. The second-order valence-electron chi connectivity index (χ2n) is 7.63. The molecule has 0 bridgehead atoms. The second kappa shape index (κ2) is 10.7. The summed E-state index contributed by atoms with van der Waals surface area (Å²) >= 11 is 5.89. The Morgan fingerprint density at radius 1 is 1.06 bits per heavy atom. The molecule has 0 radical (unpaired) electrons. The summed E-state index contributed by atoms with van der Waals surface area (Å²) < 4.78 is 35.1. The van der Waals surface area contributed by atoms with Crippen LogP contribution in [0.1, 0.15) is 20.8 Å². The van der Waals surface area contributed by atoms with E-state index in [-0.39, 0.29) is 23.4 Å². The summed E-state index contributed by atoms with van der Waals surface area (Å²) in [6, 6.07) is 11.9. The number of ketones is 1. The summed E-state index contributed by atoms with van der Waals surface area (Å²) in [6.45, 7) is 0.716. The van der Waals surface area contributed by atoms with Crippen molar-refractivity contribution < 1.29 is 32.9 Å². The number of nitrogens with one attached hydrogen (secondary N) is 1. The van der Waals surface area contributed by atoms with E-state index in [0.717, 1.165) is 0 Å². The Morgan fingerprint density at radius 2 is 1.80 bits per heavy atom. The van der Waals surface area contributed by atoms with Crippen LogP contribution in [-0.2, 0) is 4.74 Å². The van der Waals surface area contributed by atoms with Gasteiger partial charge in [-0.05, 0) is 48.5 Å². The van der Waals surface area contributed by atoms with E-state index in [0.29, 0.717) is 47.3 Å². The van der Waals surface area contributed by atoms with Crippen molar-refractivity contribution in [2.24, 2.45) is 0 Å². The minimum absolute atomic E-state index is 0.0472. The quantitative estimate of drug-likeness (QED) is 0.444. The van der Waals surface area contributed by atoms with E-state index in [2.05, 4.69) is 10.3 Å². The van der Waals surface area contributed by atoms with Gasteiger partial charge in [-0.1, -0.05) is 11.6 Å². The summed E-state index contributed by atoms with van der Waals surface area (Å²) in [7, 11) is 2.93. The van der Waals surface area contributed by atoms with E-state index in [1.54, 1.807) is 18.2 Å². The fourth-order valence-corrected chi connectivity index (χ4v) is 3.52. The third-order valence-corrected chi connectivity index (χ3v) is 5.58. The smallest absolute Gasteiger partial charge is 0.251 e. The van der Waals surface area contributed by atoms with Gasteiger partial charge in [-0.15, -0.1) is 0 Å². The lowest BCUT2D eigenvalue weighted by Crippen LogP contribution is -2.38. The van der Waals surface area contributed by atoms with E-state index in [4.69, 9.17) is 30.5 Å². The van der Waals surface area contributed by atoms with Crippen molar-refractivity contribution in [1.82, 2.24) is 10.3 Å². The van der Waals surface area contributed by atoms with Crippen molar-refractivity contribution in [3.8, 4) is 28.5 Å². The lowest BCUT2D eigenvalue weighted by Gasteiger charge is -2.27. The molecule has 3 aromatic rings. The second-order valence-corrected chi connectivity index (χ2v) is 8.03. The molecule has 1 N–H and O–H groups in total. The predicted molar refractivity (Wildman–Crippen MR) is 126 cm³/mol. The summed E-state index contributed by atoms with van der Waals surface area (Å²) in [4.78, 5) is 29.8. The first-order valence-electron chi connectivity index (χ1n) is 10.6. The molecule has 0 unspecified atom stereocenters. The highest BCUT2D eigenvalue weighted by atomic mass is 35.5. The highest BCUT2D eigenvalue weighted by Gasteiger charge is 2.22. The number of aromatic nitrogens is 1. The Kier molecular flexibility index (Phi) is 7.48. The third-order valence-electron chi connectivity index (χ3n) is 5.29. The lowest BCUT2D eigenvalue weighted by molar-refractivity contribution is -0.0803. The highest BCUT2D eigenvalue weighted by Crippen LogP contribution is 2.31. The van der Waals surface area contributed by atoms with Gasteiger partial charge in [0.1, 0.15) is 29.1 Å². The van der Waals surface area contributed by atoms with Gasteiger partial charge in [0.15, 0.2) is 17.3 Å². The fourth-order valence-electron chi connectivity index (χ4n) is 3.34. The van der Waals surface area contributed by atoms with Crippen LogP contribution in [0.2, 0.25) is 5.02 Å². The molecule has 4 rings (SSSR count). The maximum Gasteiger partial charge on any atom is 0.251 e. The van der Waals surface area contributed by atoms with Crippen molar-refractivity contribution >= 4 is 23.3 Å². The monoisotopic (exact) mass is 500 g/mol. The Hall–Kier alpha value is -3.69. The number of Topliss-reactive ketones (excluding diaryl/α,β-unsaturated/α-hetero) is 1. The molecule has 1 saturated heterocycles. The molecule has 2 aromatic carbocycles. The largest absolute Gasteiger partial charge is 0.494 e. The van der Waals surface area contributed by atoms with Crippen LogP contribution >= 0.6 is 11.6 Å². The fraction of sp³-hybridized carbons (Fsp3) is 0.240. The van der Waals surface area contributed by atoms with Crippen LogP contribution in [0, 0.1) is 5.82 Å². The van der Waals surface area contributed by atoms with Crippen LogP contribution in [0.3, 0.4) is 0 Å². The van der Waals surface area contributed by atoms with Gasteiger partial charge in [-0.25, -0.2) is 9.37 Å². The summed E-state index contributed by atoms with van der Waals surface area (Å²) in [5.41, 5.74) is 1.21. The van der Waals surface area contributed by atoms with Gasteiger partial charge < -0.3 is 24.3 Å². The average molecular weight is 501 g/mol. The third kappa shape index (κ3) is 5.52. The Morgan fingerprint density at radius 3 is 2.46 bits per heavy atom. The number of carbonyl (C=O) groups is 2. The number of ether oxygens (including phenoxy) is 4. The van der Waals surface area contributed by atoms with Gasteiger partial charge in [0.25, 0.3) is 5.91 Å². The Labute approximate surface area is 205 Å². The number of amides is 1. The van der Waals surface area contributed by atoms with Crippen LogP contribution in [0.25, 0.3) is 11.3 Å².